The van der Waals surface area contributed by atoms with Crippen LogP contribution in [0.3, 0.4) is 0 Å². The van der Waals surface area contributed by atoms with Gasteiger partial charge in [-0.1, -0.05) is 13.0 Å². The predicted octanol–water partition coefficient (Wildman–Crippen LogP) is 4.59. The van der Waals surface area contributed by atoms with Gasteiger partial charge in [-0.25, -0.2) is 8.42 Å². The van der Waals surface area contributed by atoms with Crippen molar-refractivity contribution in [1.82, 2.24) is 4.98 Å². The van der Waals surface area contributed by atoms with Crippen LogP contribution in [0.1, 0.15) is 38.3 Å². The Morgan fingerprint density at radius 2 is 1.80 bits per heavy atom. The van der Waals surface area contributed by atoms with Crippen LogP contribution >= 0.6 is 0 Å². The number of hydrogen-bond acceptors (Lipinski definition) is 7. The number of carbonyl (C=O) groups is 2. The molecule has 0 saturated heterocycles. The van der Waals surface area contributed by atoms with Gasteiger partial charge in [-0.2, -0.15) is 26.3 Å². The highest BCUT2D eigenvalue weighted by Gasteiger charge is 2.50. The number of aliphatic carboxylic acids is 1. The predicted molar refractivity (Wildman–Crippen MR) is 126 cm³/mol. The quantitative estimate of drug-likeness (QED) is 0.346. The number of ether oxygens (including phenoxy) is 2. The number of rotatable bonds is 8. The van der Waals surface area contributed by atoms with Gasteiger partial charge in [-0.3, -0.25) is 18.9 Å². The molecule has 1 aromatic heterocycles. The summed E-state index contributed by atoms with van der Waals surface area (Å²) in [5.74, 6) is -3.55. The third-order valence-electron chi connectivity index (χ3n) is 6.02. The summed E-state index contributed by atoms with van der Waals surface area (Å²) in [7, 11) is -4.76. The van der Waals surface area contributed by atoms with Gasteiger partial charge in [0.15, 0.2) is 0 Å². The van der Waals surface area contributed by atoms with Gasteiger partial charge >= 0.3 is 24.3 Å². The van der Waals surface area contributed by atoms with E-state index in [2.05, 4.69) is 9.72 Å². The summed E-state index contributed by atoms with van der Waals surface area (Å²) >= 11 is 0. The molecule has 16 heteroatoms. The molecule has 0 bridgehead atoms. The summed E-state index contributed by atoms with van der Waals surface area (Å²) in [5.41, 5.74) is -4.34. The van der Waals surface area contributed by atoms with Crippen LogP contribution in [0.5, 0.6) is 5.75 Å². The molecule has 2 aromatic rings. The molecule has 2 atom stereocenters. The van der Waals surface area contributed by atoms with Crippen molar-refractivity contribution in [1.29, 1.82) is 0 Å². The largest absolute Gasteiger partial charge is 0.486 e. The topological polar surface area (TPSA) is 123 Å². The van der Waals surface area contributed by atoms with Gasteiger partial charge in [0, 0.05) is 12.4 Å². The molecule has 2 heterocycles. The molecule has 0 unspecified atom stereocenters. The van der Waals surface area contributed by atoms with Gasteiger partial charge in [0.2, 0.25) is 5.60 Å². The van der Waals surface area contributed by atoms with E-state index in [1.807, 2.05) is 0 Å². The summed E-state index contributed by atoms with van der Waals surface area (Å²) < 4.78 is 117. The van der Waals surface area contributed by atoms with Gasteiger partial charge in [0.1, 0.15) is 16.7 Å². The molecule has 0 spiro atoms. The van der Waals surface area contributed by atoms with Crippen molar-refractivity contribution in [3.63, 3.8) is 0 Å². The second kappa shape index (κ2) is 10.8. The van der Waals surface area contributed by atoms with E-state index in [0.29, 0.717) is 36.6 Å². The number of esters is 1. The van der Waals surface area contributed by atoms with E-state index in [9.17, 15) is 49.5 Å². The van der Waals surface area contributed by atoms with Gasteiger partial charge in [-0.05, 0) is 44.0 Å². The van der Waals surface area contributed by atoms with Gasteiger partial charge in [0.05, 0.1) is 30.1 Å². The number of nitrogens with zero attached hydrogens (tertiary/aromatic N) is 2. The molecule has 40 heavy (non-hydrogen) atoms. The Morgan fingerprint density at radius 1 is 1.15 bits per heavy atom. The van der Waals surface area contributed by atoms with E-state index in [1.165, 1.54) is 19.1 Å². The maximum Gasteiger partial charge on any atom is 0.427 e. The van der Waals surface area contributed by atoms with E-state index < -0.39 is 75.4 Å². The zero-order chi connectivity index (χ0) is 30.3. The van der Waals surface area contributed by atoms with Crippen molar-refractivity contribution in [2.75, 3.05) is 10.8 Å². The monoisotopic (exact) mass is 598 g/mol. The van der Waals surface area contributed by atoms with Crippen LogP contribution < -0.4 is 9.04 Å². The molecule has 1 aromatic carbocycles. The standard InChI is InChI=1S/C24H24F6N2O7S/c1-13(21(34)35)6-16-12-32(40(36,37)17-9-15(10-31-11-17)23(25,26)27)18-7-14(4-5-19(18)38-16)8-20(33)39-22(2,3)24(28,29)30/h4-5,7,9-11,13,16H,6,8,12H2,1-3H3,(H,34,35)/t13-,16-/m0/s1. The van der Waals surface area contributed by atoms with Crippen molar-refractivity contribution in [3.05, 3.63) is 47.8 Å². The molecule has 9 nitrogen and oxygen atoms in total. The number of anilines is 1. The summed E-state index contributed by atoms with van der Waals surface area (Å²) in [5, 5.41) is 9.25. The van der Waals surface area contributed by atoms with Crippen LogP contribution in [0.25, 0.3) is 0 Å². The second-order valence-corrected chi connectivity index (χ2v) is 11.5. The molecule has 0 amide bonds. The van der Waals surface area contributed by atoms with Crippen molar-refractivity contribution in [2.24, 2.45) is 5.92 Å². The average Bonchev–Trinajstić information content (AvgIpc) is 2.82. The molecular formula is C24H24F6N2O7S. The first kappa shape index (κ1) is 31.0. The van der Waals surface area contributed by atoms with Crippen molar-refractivity contribution in [2.45, 2.75) is 62.6 Å². The third kappa shape index (κ3) is 6.77. The van der Waals surface area contributed by atoms with Crippen LogP contribution in [0.4, 0.5) is 32.0 Å². The lowest BCUT2D eigenvalue weighted by Gasteiger charge is -2.36. The number of fused-ring (bicyclic) bond motifs is 1. The smallest absolute Gasteiger partial charge is 0.427 e. The van der Waals surface area contributed by atoms with E-state index in [1.54, 1.807) is 0 Å². The fourth-order valence-electron chi connectivity index (χ4n) is 3.70. The molecule has 1 aliphatic rings. The number of pyridine rings is 1. The summed E-state index contributed by atoms with van der Waals surface area (Å²) in [4.78, 5) is 26.2. The van der Waals surface area contributed by atoms with E-state index in [0.717, 1.165) is 6.07 Å². The highest BCUT2D eigenvalue weighted by molar-refractivity contribution is 7.92. The SMILES string of the molecule is C[C@@H](C[C@H]1CN(S(=O)(=O)c2cncc(C(F)(F)F)c2)c2cc(CC(=O)OC(C)(C)C(F)(F)F)ccc2O1)C(=O)O. The first-order valence-corrected chi connectivity index (χ1v) is 13.0. The lowest BCUT2D eigenvalue weighted by atomic mass is 10.0. The molecule has 1 N–H and O–H groups in total. The number of alkyl halides is 6. The lowest BCUT2D eigenvalue weighted by molar-refractivity contribution is -0.257. The van der Waals surface area contributed by atoms with E-state index in [-0.39, 0.29) is 23.4 Å². The Hall–Kier alpha value is -3.56. The zero-order valence-electron chi connectivity index (χ0n) is 21.2. The minimum Gasteiger partial charge on any atom is -0.486 e. The van der Waals surface area contributed by atoms with Crippen LogP contribution in [0.15, 0.2) is 41.6 Å². The first-order valence-electron chi connectivity index (χ1n) is 11.6. The average molecular weight is 599 g/mol. The van der Waals surface area contributed by atoms with Crippen molar-refractivity contribution >= 4 is 27.6 Å². The van der Waals surface area contributed by atoms with Crippen molar-refractivity contribution < 1.29 is 58.9 Å². The van der Waals surface area contributed by atoms with Gasteiger partial charge in [-0.15, -0.1) is 0 Å². The van der Waals surface area contributed by atoms with Crippen LogP contribution in [0, 0.1) is 5.92 Å². The maximum atomic E-state index is 13.6. The molecule has 1 aliphatic heterocycles. The summed E-state index contributed by atoms with van der Waals surface area (Å²) in [6.07, 6.45) is -10.5. The Morgan fingerprint density at radius 3 is 2.38 bits per heavy atom. The van der Waals surface area contributed by atoms with Crippen LogP contribution in [0.2, 0.25) is 0 Å². The number of halogens is 6. The number of aromatic nitrogens is 1. The molecule has 0 fully saturated rings. The van der Waals surface area contributed by atoms with Crippen molar-refractivity contribution in [3.8, 4) is 5.75 Å². The highest BCUT2D eigenvalue weighted by atomic mass is 32.2. The summed E-state index contributed by atoms with van der Waals surface area (Å²) in [6, 6.07) is 3.98. The van der Waals surface area contributed by atoms with Gasteiger partial charge in [0.25, 0.3) is 10.0 Å². The lowest BCUT2D eigenvalue weighted by Crippen LogP contribution is -2.45. The second-order valence-electron chi connectivity index (χ2n) is 9.62. The molecule has 0 radical (unpaired) electrons. The molecule has 220 valence electrons. The Bertz CT molecular complexity index is 1390. The number of benzene rings is 1. The molecule has 0 aliphatic carbocycles. The minimum absolute atomic E-state index is 0.0186. The normalized spacial score (nSPS) is 17.0. The fraction of sp³-hybridized carbons (Fsp3) is 0.458. The number of carbonyl (C=O) groups excluding carboxylic acids is 1. The maximum absolute atomic E-state index is 13.6. The molecule has 0 saturated carbocycles. The number of hydrogen-bond donors (Lipinski definition) is 1. The van der Waals surface area contributed by atoms with E-state index >= 15 is 0 Å². The minimum atomic E-state index is -4.90. The fourth-order valence-corrected chi connectivity index (χ4v) is 5.19. The summed E-state index contributed by atoms with van der Waals surface area (Å²) in [6.45, 7) is 2.15. The Kier molecular flexibility index (Phi) is 8.35. The third-order valence-corrected chi connectivity index (χ3v) is 7.77. The van der Waals surface area contributed by atoms with Crippen LogP contribution in [-0.4, -0.2) is 54.9 Å². The Balaban J connectivity index is 2.02. The van der Waals surface area contributed by atoms with Crippen LogP contribution in [-0.2, 0) is 36.9 Å². The first-order chi connectivity index (χ1) is 18.2. The molecule has 3 rings (SSSR count). The van der Waals surface area contributed by atoms with E-state index in [4.69, 9.17) is 4.74 Å². The number of sulfonamides is 1. The molecular weight excluding hydrogens is 574 g/mol. The Labute approximate surface area is 224 Å². The zero-order valence-corrected chi connectivity index (χ0v) is 22.0. The number of carboxylic acids is 1. The van der Waals surface area contributed by atoms with Gasteiger partial charge < -0.3 is 14.6 Å². The highest BCUT2D eigenvalue weighted by Crippen LogP contribution is 2.40. The number of carboxylic acid groups (broad SMARTS) is 1.